The van der Waals surface area contributed by atoms with Crippen LogP contribution >= 0.6 is 0 Å². The van der Waals surface area contributed by atoms with E-state index >= 15 is 0 Å². The quantitative estimate of drug-likeness (QED) is 0.531. The highest BCUT2D eigenvalue weighted by Gasteiger charge is 2.11. The second-order valence-electron chi connectivity index (χ2n) is 2.90. The van der Waals surface area contributed by atoms with Crippen molar-refractivity contribution in [2.24, 2.45) is 0 Å². The Morgan fingerprint density at radius 2 is 2.10 bits per heavy atom. The third-order valence-electron chi connectivity index (χ3n) is 2.23. The molecule has 2 heteroatoms. The zero-order valence-corrected chi connectivity index (χ0v) is 6.01. The number of hydrogen-bond acceptors (Lipinski definition) is 1. The molecule has 0 unspecified atom stereocenters. The number of aromatic nitrogens is 1. The fourth-order valence-corrected chi connectivity index (χ4v) is 1.65. The minimum absolute atomic E-state index is 1.17. The summed E-state index contributed by atoms with van der Waals surface area (Å²) in [6.07, 6.45) is 6.97. The van der Waals surface area contributed by atoms with Gasteiger partial charge in [0.1, 0.15) is 0 Å². The van der Waals surface area contributed by atoms with E-state index in [1.165, 1.54) is 36.9 Å². The van der Waals surface area contributed by atoms with Crippen LogP contribution in [-0.2, 0) is 12.8 Å². The van der Waals surface area contributed by atoms with Crippen molar-refractivity contribution in [1.29, 1.82) is 0 Å². The van der Waals surface area contributed by atoms with Crippen LogP contribution in [-0.4, -0.2) is 4.68 Å². The molecule has 1 aliphatic rings. The van der Waals surface area contributed by atoms with E-state index < -0.39 is 0 Å². The molecule has 0 bridgehead atoms. The summed E-state index contributed by atoms with van der Waals surface area (Å²) in [4.78, 5) is 0. The van der Waals surface area contributed by atoms with E-state index in [-0.39, 0.29) is 0 Å². The summed E-state index contributed by atoms with van der Waals surface area (Å²) in [6, 6.07) is 2.13. The molecule has 0 amide bonds. The molecule has 0 aliphatic heterocycles. The molecular weight excluding hydrogens is 124 g/mol. The second-order valence-corrected chi connectivity index (χ2v) is 2.90. The molecule has 2 N–H and O–H groups in total. The lowest BCUT2D eigenvalue weighted by Crippen LogP contribution is -2.13. The summed E-state index contributed by atoms with van der Waals surface area (Å²) < 4.78 is 1.76. The highest BCUT2D eigenvalue weighted by molar-refractivity contribution is 5.24. The van der Waals surface area contributed by atoms with Crippen molar-refractivity contribution < 1.29 is 0 Å². The predicted octanol–water partition coefficient (Wildman–Crippen LogP) is 1.08. The summed E-state index contributed by atoms with van der Waals surface area (Å²) in [7, 11) is 0. The summed E-state index contributed by atoms with van der Waals surface area (Å²) in [5, 5.41) is 0. The summed E-state index contributed by atoms with van der Waals surface area (Å²) in [5.74, 6) is 5.68. The Morgan fingerprint density at radius 3 is 2.90 bits per heavy atom. The van der Waals surface area contributed by atoms with Crippen molar-refractivity contribution in [1.82, 2.24) is 4.68 Å². The van der Waals surface area contributed by atoms with E-state index in [1.807, 2.05) is 6.20 Å². The van der Waals surface area contributed by atoms with Crippen molar-refractivity contribution in [3.8, 4) is 0 Å². The topological polar surface area (TPSA) is 30.9 Å². The number of fused-ring (bicyclic) bond motifs is 1. The van der Waals surface area contributed by atoms with E-state index in [0.717, 1.165) is 0 Å². The highest BCUT2D eigenvalue weighted by Crippen LogP contribution is 2.19. The molecule has 2 rings (SSSR count). The second kappa shape index (κ2) is 2.04. The molecular formula is C8H12N2. The minimum Gasteiger partial charge on any atom is -0.339 e. The van der Waals surface area contributed by atoms with Gasteiger partial charge in [0.15, 0.2) is 0 Å². The first-order valence-corrected chi connectivity index (χ1v) is 3.82. The Balaban J connectivity index is 2.45. The molecule has 54 valence electrons. The van der Waals surface area contributed by atoms with Crippen LogP contribution in [0, 0.1) is 0 Å². The third kappa shape index (κ3) is 0.719. The maximum atomic E-state index is 5.68. The van der Waals surface area contributed by atoms with Gasteiger partial charge in [0.2, 0.25) is 0 Å². The van der Waals surface area contributed by atoms with Gasteiger partial charge in [-0.15, -0.1) is 0 Å². The molecule has 1 heterocycles. The molecule has 0 spiro atoms. The first kappa shape index (κ1) is 5.83. The molecule has 1 aliphatic carbocycles. The van der Waals surface area contributed by atoms with Gasteiger partial charge in [-0.1, -0.05) is 0 Å². The van der Waals surface area contributed by atoms with Crippen LogP contribution in [0.2, 0.25) is 0 Å². The number of nitrogens with zero attached hydrogens (tertiary/aromatic N) is 1. The van der Waals surface area contributed by atoms with Crippen molar-refractivity contribution in [2.75, 3.05) is 5.84 Å². The number of nitrogens with two attached hydrogens (primary N) is 1. The Kier molecular flexibility index (Phi) is 1.19. The summed E-state index contributed by atoms with van der Waals surface area (Å²) in [5.41, 5.74) is 2.79. The van der Waals surface area contributed by atoms with Crippen LogP contribution in [0.25, 0.3) is 0 Å². The average Bonchev–Trinajstić information content (AvgIpc) is 2.34. The Labute approximate surface area is 60.6 Å². The largest absolute Gasteiger partial charge is 0.339 e. The lowest BCUT2D eigenvalue weighted by atomic mass is 9.98. The molecule has 2 nitrogen and oxygen atoms in total. The van der Waals surface area contributed by atoms with Gasteiger partial charge in [-0.2, -0.15) is 0 Å². The summed E-state index contributed by atoms with van der Waals surface area (Å²) in [6.45, 7) is 0. The van der Waals surface area contributed by atoms with Crippen molar-refractivity contribution in [3.63, 3.8) is 0 Å². The first-order valence-electron chi connectivity index (χ1n) is 3.82. The maximum Gasteiger partial charge on any atom is 0.0423 e. The molecule has 0 aromatic carbocycles. The summed E-state index contributed by atoms with van der Waals surface area (Å²) >= 11 is 0. The minimum atomic E-state index is 1.17. The Bertz CT molecular complexity index is 237. The fourth-order valence-electron chi connectivity index (χ4n) is 1.65. The highest BCUT2D eigenvalue weighted by atomic mass is 15.3. The van der Waals surface area contributed by atoms with E-state index in [4.69, 9.17) is 5.84 Å². The normalized spacial score (nSPS) is 16.8. The lowest BCUT2D eigenvalue weighted by molar-refractivity contribution is 0.657. The van der Waals surface area contributed by atoms with E-state index in [9.17, 15) is 0 Å². The first-order chi connectivity index (χ1) is 4.88. The number of nitrogen functional groups attached to an aromatic ring is 1. The molecule has 1 aromatic rings. The number of hydrogen-bond donors (Lipinski definition) is 1. The van der Waals surface area contributed by atoms with Gasteiger partial charge in [0.25, 0.3) is 0 Å². The van der Waals surface area contributed by atoms with Crippen molar-refractivity contribution >= 4 is 0 Å². The fraction of sp³-hybridized carbons (Fsp3) is 0.500. The SMILES string of the molecule is Nn1ccc2c1CCCC2. The van der Waals surface area contributed by atoms with Crippen LogP contribution in [0.3, 0.4) is 0 Å². The van der Waals surface area contributed by atoms with Gasteiger partial charge in [-0.3, -0.25) is 4.68 Å². The van der Waals surface area contributed by atoms with Crippen LogP contribution in [0.4, 0.5) is 0 Å². The van der Waals surface area contributed by atoms with Gasteiger partial charge in [0, 0.05) is 11.9 Å². The molecule has 0 saturated carbocycles. The van der Waals surface area contributed by atoms with Crippen molar-refractivity contribution in [3.05, 3.63) is 23.5 Å². The van der Waals surface area contributed by atoms with Crippen molar-refractivity contribution in [2.45, 2.75) is 25.7 Å². The Morgan fingerprint density at radius 1 is 1.30 bits per heavy atom. The van der Waals surface area contributed by atoms with Crippen LogP contribution in [0.15, 0.2) is 12.3 Å². The monoisotopic (exact) mass is 136 g/mol. The predicted molar refractivity (Wildman–Crippen MR) is 41.2 cm³/mol. The smallest absolute Gasteiger partial charge is 0.0423 e. The van der Waals surface area contributed by atoms with Gasteiger partial charge >= 0.3 is 0 Å². The van der Waals surface area contributed by atoms with Crippen LogP contribution < -0.4 is 5.84 Å². The number of aryl methyl sites for hydroxylation is 1. The molecule has 0 fully saturated rings. The maximum absolute atomic E-state index is 5.68. The molecule has 1 aromatic heterocycles. The Hall–Kier alpha value is -0.920. The van der Waals surface area contributed by atoms with E-state index in [1.54, 1.807) is 4.68 Å². The number of rotatable bonds is 0. The molecule has 10 heavy (non-hydrogen) atoms. The molecule has 0 saturated heterocycles. The van der Waals surface area contributed by atoms with Crippen LogP contribution in [0.1, 0.15) is 24.1 Å². The van der Waals surface area contributed by atoms with E-state index in [0.29, 0.717) is 0 Å². The molecule has 0 radical (unpaired) electrons. The standard InChI is InChI=1S/C8H12N2/c9-10-6-5-7-3-1-2-4-8(7)10/h5-6H,1-4,9H2. The lowest BCUT2D eigenvalue weighted by Gasteiger charge is -2.11. The van der Waals surface area contributed by atoms with Gasteiger partial charge in [-0.25, -0.2) is 0 Å². The van der Waals surface area contributed by atoms with Crippen LogP contribution in [0.5, 0.6) is 0 Å². The average molecular weight is 136 g/mol. The van der Waals surface area contributed by atoms with Gasteiger partial charge < -0.3 is 5.84 Å². The van der Waals surface area contributed by atoms with Gasteiger partial charge in [-0.05, 0) is 37.3 Å². The molecule has 0 atom stereocenters. The zero-order valence-electron chi connectivity index (χ0n) is 6.01. The van der Waals surface area contributed by atoms with E-state index in [2.05, 4.69) is 6.07 Å². The third-order valence-corrected chi connectivity index (χ3v) is 2.23. The zero-order chi connectivity index (χ0) is 6.97. The van der Waals surface area contributed by atoms with Gasteiger partial charge in [0.05, 0.1) is 0 Å².